The third-order valence-electron chi connectivity index (χ3n) is 6.47. The van der Waals surface area contributed by atoms with Crippen LogP contribution >= 0.6 is 11.3 Å². The summed E-state index contributed by atoms with van der Waals surface area (Å²) in [7, 11) is 0. The van der Waals surface area contributed by atoms with Crippen molar-refractivity contribution in [3.8, 4) is 39.0 Å². The van der Waals surface area contributed by atoms with Crippen molar-refractivity contribution < 1.29 is 27.1 Å². The number of halogens is 3. The molecule has 2 amide bonds. The second-order valence-electron chi connectivity index (χ2n) is 9.63. The van der Waals surface area contributed by atoms with E-state index in [1.807, 2.05) is 6.92 Å². The first-order valence-electron chi connectivity index (χ1n) is 13.5. The summed E-state index contributed by atoms with van der Waals surface area (Å²) in [6.45, 7) is 7.07. The summed E-state index contributed by atoms with van der Waals surface area (Å²) >= 11 is 0.828. The van der Waals surface area contributed by atoms with Gasteiger partial charge in [-0.15, -0.1) is 21.5 Å². The van der Waals surface area contributed by atoms with E-state index in [4.69, 9.17) is 9.15 Å². The highest BCUT2D eigenvalue weighted by Gasteiger charge is 2.34. The summed E-state index contributed by atoms with van der Waals surface area (Å²) in [4.78, 5) is 27.4. The molecule has 15 heteroatoms. The average molecular weight is 603 g/mol. The van der Waals surface area contributed by atoms with Crippen LogP contribution < -0.4 is 15.4 Å². The second-order valence-corrected chi connectivity index (χ2v) is 10.5. The molecule has 0 bridgehead atoms. The molecule has 11 nitrogen and oxygen atoms in total. The molecule has 1 saturated heterocycles. The maximum Gasteiger partial charge on any atom is 0.434 e. The molecule has 1 aliphatic heterocycles. The molecule has 0 aromatic carbocycles. The number of likely N-dealkylation sites (tertiary alicyclic amines) is 1. The molecule has 0 atom stereocenters. The van der Waals surface area contributed by atoms with Crippen molar-refractivity contribution in [3.63, 3.8) is 0 Å². The molecule has 0 radical (unpaired) electrons. The lowest BCUT2D eigenvalue weighted by Crippen LogP contribution is -2.29. The van der Waals surface area contributed by atoms with E-state index in [2.05, 4.69) is 40.7 Å². The quantitative estimate of drug-likeness (QED) is 0.236. The maximum absolute atomic E-state index is 13.5. The van der Waals surface area contributed by atoms with Crippen molar-refractivity contribution in [3.05, 3.63) is 41.5 Å². The van der Waals surface area contributed by atoms with Gasteiger partial charge in [0.2, 0.25) is 17.7 Å². The van der Waals surface area contributed by atoms with E-state index in [-0.39, 0.29) is 22.6 Å². The third kappa shape index (κ3) is 7.02. The van der Waals surface area contributed by atoms with E-state index in [0.717, 1.165) is 49.1 Å². The van der Waals surface area contributed by atoms with E-state index >= 15 is 0 Å². The van der Waals surface area contributed by atoms with Crippen molar-refractivity contribution in [2.45, 2.75) is 39.3 Å². The average Bonchev–Trinajstić information content (AvgIpc) is 3.74. The molecule has 222 valence electrons. The van der Waals surface area contributed by atoms with Crippen LogP contribution in [0.2, 0.25) is 0 Å². The van der Waals surface area contributed by atoms with Crippen LogP contribution in [0.15, 0.2) is 34.3 Å². The predicted molar refractivity (Wildman–Crippen MR) is 150 cm³/mol. The monoisotopic (exact) mass is 602 g/mol. The SMILES string of the molecule is CCCNC(=O)Nc1cc(-c2nc(C(F)(F)F)cs2)c(-c2cc(-c3nnc(C)o3)cnc2OCCN2CCCC2)cn1. The Morgan fingerprint density at radius 3 is 2.62 bits per heavy atom. The fourth-order valence-electron chi connectivity index (χ4n) is 4.41. The van der Waals surface area contributed by atoms with Gasteiger partial charge in [-0.1, -0.05) is 6.92 Å². The number of nitrogens with one attached hydrogen (secondary N) is 2. The fraction of sp³-hybridized carbons (Fsp3) is 0.407. The first-order valence-corrected chi connectivity index (χ1v) is 14.3. The van der Waals surface area contributed by atoms with Gasteiger partial charge in [-0.3, -0.25) is 10.2 Å². The zero-order chi connectivity index (χ0) is 29.7. The Bertz CT molecular complexity index is 1540. The summed E-state index contributed by atoms with van der Waals surface area (Å²) in [5, 5.41) is 14.3. The highest BCUT2D eigenvalue weighted by molar-refractivity contribution is 7.13. The molecular weight excluding hydrogens is 573 g/mol. The van der Waals surface area contributed by atoms with Gasteiger partial charge >= 0.3 is 12.2 Å². The van der Waals surface area contributed by atoms with Gasteiger partial charge in [-0.25, -0.2) is 19.7 Å². The number of anilines is 1. The number of thiazole rings is 1. The molecule has 5 heterocycles. The van der Waals surface area contributed by atoms with Crippen molar-refractivity contribution in [1.29, 1.82) is 0 Å². The number of urea groups is 1. The van der Waals surface area contributed by atoms with Crippen LogP contribution in [0.1, 0.15) is 37.8 Å². The van der Waals surface area contributed by atoms with Gasteiger partial charge in [-0.05, 0) is 44.5 Å². The van der Waals surface area contributed by atoms with E-state index in [9.17, 15) is 18.0 Å². The Morgan fingerprint density at radius 1 is 1.12 bits per heavy atom. The van der Waals surface area contributed by atoms with Crippen LogP contribution in [0.25, 0.3) is 33.2 Å². The van der Waals surface area contributed by atoms with E-state index in [1.165, 1.54) is 18.5 Å². The zero-order valence-corrected chi connectivity index (χ0v) is 23.8. The number of pyridine rings is 2. The van der Waals surface area contributed by atoms with E-state index < -0.39 is 17.9 Å². The molecule has 4 aromatic heterocycles. The minimum absolute atomic E-state index is 0.0822. The van der Waals surface area contributed by atoms with E-state index in [0.29, 0.717) is 47.8 Å². The smallest absolute Gasteiger partial charge is 0.434 e. The number of ether oxygens (including phenoxy) is 1. The fourth-order valence-corrected chi connectivity index (χ4v) is 5.27. The number of rotatable bonds is 10. The minimum Gasteiger partial charge on any atom is -0.476 e. The number of amides is 2. The summed E-state index contributed by atoms with van der Waals surface area (Å²) < 4.78 is 52.2. The van der Waals surface area contributed by atoms with Gasteiger partial charge in [0.05, 0.1) is 5.56 Å². The molecule has 4 aromatic rings. The van der Waals surface area contributed by atoms with Crippen molar-refractivity contribution in [2.24, 2.45) is 0 Å². The lowest BCUT2D eigenvalue weighted by molar-refractivity contribution is -0.140. The Balaban J connectivity index is 1.58. The van der Waals surface area contributed by atoms with E-state index in [1.54, 1.807) is 13.0 Å². The first kappa shape index (κ1) is 29.4. The molecule has 0 saturated carbocycles. The number of nitrogens with zero attached hydrogens (tertiary/aromatic N) is 6. The standard InChI is InChI=1S/C27H29F3N8O3S/c1-3-6-31-26(39)35-22-12-19(25-34-21(15-42-25)27(28,29)30)20(14-32-22)18-11-17(23-37-36-16(2)41-23)13-33-24(18)40-10-9-38-7-4-5-8-38/h11-15H,3-10H2,1-2H3,(H2,31,32,35,39). The lowest BCUT2D eigenvalue weighted by Gasteiger charge is -2.17. The number of carbonyl (C=O) groups is 1. The predicted octanol–water partition coefficient (Wildman–Crippen LogP) is 5.65. The van der Waals surface area contributed by atoms with Crippen LogP contribution in [0.3, 0.4) is 0 Å². The van der Waals surface area contributed by atoms with Crippen LogP contribution in [0.5, 0.6) is 5.88 Å². The number of hydrogen-bond acceptors (Lipinski definition) is 10. The van der Waals surface area contributed by atoms with Crippen molar-refractivity contribution in [2.75, 3.05) is 38.1 Å². The Kier molecular flexibility index (Phi) is 8.97. The molecule has 5 rings (SSSR count). The molecule has 2 N–H and O–H groups in total. The zero-order valence-electron chi connectivity index (χ0n) is 23.0. The molecule has 1 aliphatic rings. The molecule has 0 unspecified atom stereocenters. The molecular formula is C27H29F3N8O3S. The maximum atomic E-state index is 13.5. The van der Waals surface area contributed by atoms with Gasteiger partial charge in [0.15, 0.2) is 5.69 Å². The second kappa shape index (κ2) is 12.8. The van der Waals surface area contributed by atoms with Gasteiger partial charge in [0.1, 0.15) is 17.4 Å². The van der Waals surface area contributed by atoms with Crippen LogP contribution in [-0.4, -0.2) is 68.9 Å². The Morgan fingerprint density at radius 2 is 1.93 bits per heavy atom. The molecule has 1 fully saturated rings. The highest BCUT2D eigenvalue weighted by Crippen LogP contribution is 2.41. The number of aromatic nitrogens is 5. The summed E-state index contributed by atoms with van der Waals surface area (Å²) in [5.41, 5.74) is 0.620. The van der Waals surface area contributed by atoms with Crippen LogP contribution in [-0.2, 0) is 6.18 Å². The van der Waals surface area contributed by atoms with Crippen LogP contribution in [0, 0.1) is 6.92 Å². The largest absolute Gasteiger partial charge is 0.476 e. The summed E-state index contributed by atoms with van der Waals surface area (Å²) in [6.07, 6.45) is 1.38. The first-order chi connectivity index (χ1) is 20.2. The number of aryl methyl sites for hydroxylation is 1. The van der Waals surface area contributed by atoms with Crippen molar-refractivity contribution >= 4 is 23.2 Å². The van der Waals surface area contributed by atoms with Gasteiger partial charge in [-0.2, -0.15) is 13.2 Å². The molecule has 0 spiro atoms. The van der Waals surface area contributed by atoms with Crippen LogP contribution in [0.4, 0.5) is 23.8 Å². The summed E-state index contributed by atoms with van der Waals surface area (Å²) in [6, 6.07) is 2.71. The molecule has 0 aliphatic carbocycles. The van der Waals surface area contributed by atoms with Gasteiger partial charge in [0, 0.05) is 54.5 Å². The topological polar surface area (TPSA) is 131 Å². The number of carbonyl (C=O) groups excluding carboxylic acids is 1. The highest BCUT2D eigenvalue weighted by atomic mass is 32.1. The third-order valence-corrected chi connectivity index (χ3v) is 7.34. The Hall–Kier alpha value is -4.11. The lowest BCUT2D eigenvalue weighted by atomic mass is 10.0. The number of hydrogen-bond donors (Lipinski definition) is 2. The van der Waals surface area contributed by atoms with Crippen molar-refractivity contribution in [1.82, 2.24) is 35.4 Å². The minimum atomic E-state index is -4.62. The van der Waals surface area contributed by atoms with Gasteiger partial charge in [0.25, 0.3) is 0 Å². The van der Waals surface area contributed by atoms with Gasteiger partial charge < -0.3 is 14.5 Å². The molecule has 42 heavy (non-hydrogen) atoms. The Labute approximate surface area is 243 Å². The summed E-state index contributed by atoms with van der Waals surface area (Å²) in [5.74, 6) is 0.975. The normalized spacial score (nSPS) is 13.8. The number of alkyl halides is 3.